The average Bonchev–Trinajstić information content (AvgIpc) is 3.20. The minimum Gasteiger partial charge on any atom is -0.494 e. The Morgan fingerprint density at radius 1 is 1.18 bits per heavy atom. The van der Waals surface area contributed by atoms with Crippen LogP contribution in [0, 0.1) is 11.3 Å². The number of benzene rings is 2. The number of nitrogens with zero attached hydrogens (tertiary/aromatic N) is 2. The zero-order valence-electron chi connectivity index (χ0n) is 16.3. The van der Waals surface area contributed by atoms with E-state index in [1.165, 1.54) is 16.9 Å². The van der Waals surface area contributed by atoms with E-state index in [9.17, 15) is 5.26 Å². The number of aromatic nitrogens is 1. The molecule has 1 N–H and O–H groups in total. The van der Waals surface area contributed by atoms with Crippen LogP contribution in [-0.2, 0) is 0 Å². The first kappa shape index (κ1) is 19.7. The van der Waals surface area contributed by atoms with Gasteiger partial charge in [0.25, 0.3) is 0 Å². The largest absolute Gasteiger partial charge is 0.494 e. The molecule has 0 bridgehead atoms. The molecular weight excluding hydrogens is 366 g/mol. The van der Waals surface area contributed by atoms with E-state index in [2.05, 4.69) is 42.4 Å². The monoisotopic (exact) mass is 389 g/mol. The number of nitrogens with one attached hydrogen (secondary N) is 1. The zero-order valence-corrected chi connectivity index (χ0v) is 17.1. The van der Waals surface area contributed by atoms with E-state index in [0.717, 1.165) is 22.7 Å². The van der Waals surface area contributed by atoms with Gasteiger partial charge in [-0.25, -0.2) is 4.98 Å². The van der Waals surface area contributed by atoms with E-state index >= 15 is 0 Å². The second-order valence-electron chi connectivity index (χ2n) is 6.59. The number of ether oxygens (including phenoxy) is 1. The first-order chi connectivity index (χ1) is 13.6. The Kier molecular flexibility index (Phi) is 6.46. The summed E-state index contributed by atoms with van der Waals surface area (Å²) in [6, 6.07) is 18.3. The molecule has 5 heteroatoms. The van der Waals surface area contributed by atoms with Crippen molar-refractivity contribution in [3.63, 3.8) is 0 Å². The molecule has 3 rings (SSSR count). The van der Waals surface area contributed by atoms with Crippen molar-refractivity contribution in [3.8, 4) is 23.1 Å². The summed E-state index contributed by atoms with van der Waals surface area (Å²) < 4.78 is 5.47. The van der Waals surface area contributed by atoms with E-state index in [1.54, 1.807) is 6.20 Å². The van der Waals surface area contributed by atoms with Crippen molar-refractivity contribution in [2.45, 2.75) is 26.7 Å². The summed E-state index contributed by atoms with van der Waals surface area (Å²) in [6.07, 6.45) is 1.71. The number of hydrogen-bond donors (Lipinski definition) is 1. The number of allylic oxidation sites excluding steroid dienone is 1. The smallest absolute Gasteiger partial charge is 0.136 e. The van der Waals surface area contributed by atoms with Crippen molar-refractivity contribution < 1.29 is 4.74 Å². The highest BCUT2D eigenvalue weighted by molar-refractivity contribution is 7.11. The van der Waals surface area contributed by atoms with Gasteiger partial charge in [0.15, 0.2) is 0 Å². The topological polar surface area (TPSA) is 57.9 Å². The number of thiazole rings is 1. The second kappa shape index (κ2) is 9.20. The standard InChI is InChI=1S/C23H23N3OS/c1-4-27-21-11-7-18(8-12-21)22-15-28-23(26-22)19(13-24)14-25-20-9-5-17(6-10-20)16(2)3/h5-12,14-16,25H,4H2,1-3H3. The van der Waals surface area contributed by atoms with E-state index in [1.807, 2.05) is 48.7 Å². The summed E-state index contributed by atoms with van der Waals surface area (Å²) in [4.78, 5) is 4.62. The Morgan fingerprint density at radius 3 is 2.50 bits per heavy atom. The predicted molar refractivity (Wildman–Crippen MR) is 116 cm³/mol. The van der Waals surface area contributed by atoms with Gasteiger partial charge in [-0.1, -0.05) is 26.0 Å². The summed E-state index contributed by atoms with van der Waals surface area (Å²) in [5.74, 6) is 1.34. The lowest BCUT2D eigenvalue weighted by atomic mass is 10.0. The van der Waals surface area contributed by atoms with E-state index in [4.69, 9.17) is 4.74 Å². The van der Waals surface area contributed by atoms with Crippen molar-refractivity contribution in [1.82, 2.24) is 4.98 Å². The zero-order chi connectivity index (χ0) is 19.9. The lowest BCUT2D eigenvalue weighted by molar-refractivity contribution is 0.340. The first-order valence-electron chi connectivity index (χ1n) is 9.26. The van der Waals surface area contributed by atoms with Crippen LogP contribution in [-0.4, -0.2) is 11.6 Å². The van der Waals surface area contributed by atoms with Crippen LogP contribution in [0.25, 0.3) is 16.8 Å². The molecule has 0 aliphatic rings. The molecule has 0 saturated carbocycles. The summed E-state index contributed by atoms with van der Waals surface area (Å²) in [7, 11) is 0. The van der Waals surface area contributed by atoms with E-state index < -0.39 is 0 Å². The average molecular weight is 390 g/mol. The Labute approximate surface area is 170 Å². The van der Waals surface area contributed by atoms with Crippen LogP contribution in [0.1, 0.15) is 37.3 Å². The molecule has 1 heterocycles. The lowest BCUT2D eigenvalue weighted by Crippen LogP contribution is -1.93. The molecular formula is C23H23N3OS. The van der Waals surface area contributed by atoms with Crippen molar-refractivity contribution in [3.05, 3.63) is 70.7 Å². The van der Waals surface area contributed by atoms with Crippen molar-refractivity contribution in [2.24, 2.45) is 0 Å². The molecule has 4 nitrogen and oxygen atoms in total. The molecule has 0 amide bonds. The Hall–Kier alpha value is -3.10. The molecule has 3 aromatic rings. The molecule has 0 saturated heterocycles. The van der Waals surface area contributed by atoms with Crippen molar-refractivity contribution in [1.29, 1.82) is 5.26 Å². The maximum absolute atomic E-state index is 9.54. The van der Waals surface area contributed by atoms with Gasteiger partial charge >= 0.3 is 0 Å². The third kappa shape index (κ3) is 4.79. The Bertz CT molecular complexity index is 980. The molecule has 1 aromatic heterocycles. The predicted octanol–water partition coefficient (Wildman–Crippen LogP) is 6.31. The molecule has 0 spiro atoms. The molecule has 0 atom stereocenters. The van der Waals surface area contributed by atoms with Gasteiger partial charge < -0.3 is 10.1 Å². The summed E-state index contributed by atoms with van der Waals surface area (Å²) in [6.45, 7) is 6.94. The minimum atomic E-state index is 0.496. The van der Waals surface area contributed by atoms with Crippen LogP contribution in [0.3, 0.4) is 0 Å². The van der Waals surface area contributed by atoms with Gasteiger partial charge in [-0.15, -0.1) is 11.3 Å². The van der Waals surface area contributed by atoms with Crippen LogP contribution in [0.2, 0.25) is 0 Å². The SMILES string of the molecule is CCOc1ccc(-c2csc(C(C#N)=CNc3ccc(C(C)C)cc3)n2)cc1. The van der Waals surface area contributed by atoms with Crippen molar-refractivity contribution >= 4 is 22.6 Å². The maximum atomic E-state index is 9.54. The van der Waals surface area contributed by atoms with Gasteiger partial charge in [-0.3, -0.25) is 0 Å². The van der Waals surface area contributed by atoms with Gasteiger partial charge in [-0.05, 0) is 54.8 Å². The van der Waals surface area contributed by atoms with Crippen LogP contribution >= 0.6 is 11.3 Å². The molecule has 28 heavy (non-hydrogen) atoms. The van der Waals surface area contributed by atoms with Crippen LogP contribution in [0.5, 0.6) is 5.75 Å². The molecule has 2 aromatic carbocycles. The van der Waals surface area contributed by atoms with Gasteiger partial charge in [0.2, 0.25) is 0 Å². The maximum Gasteiger partial charge on any atom is 0.136 e. The van der Waals surface area contributed by atoms with Gasteiger partial charge in [-0.2, -0.15) is 5.26 Å². The highest BCUT2D eigenvalue weighted by Crippen LogP contribution is 2.27. The highest BCUT2D eigenvalue weighted by atomic mass is 32.1. The summed E-state index contributed by atoms with van der Waals surface area (Å²) >= 11 is 1.46. The second-order valence-corrected chi connectivity index (χ2v) is 7.44. The van der Waals surface area contributed by atoms with Crippen LogP contribution in [0.15, 0.2) is 60.1 Å². The normalized spacial score (nSPS) is 11.3. The lowest BCUT2D eigenvalue weighted by Gasteiger charge is -2.07. The fourth-order valence-corrected chi connectivity index (χ4v) is 3.47. The number of rotatable bonds is 7. The Balaban J connectivity index is 1.74. The first-order valence-corrected chi connectivity index (χ1v) is 10.1. The number of nitriles is 1. The quantitative estimate of drug-likeness (QED) is 0.481. The Morgan fingerprint density at radius 2 is 1.89 bits per heavy atom. The third-order valence-corrected chi connectivity index (χ3v) is 5.15. The van der Waals surface area contributed by atoms with Crippen molar-refractivity contribution in [2.75, 3.05) is 11.9 Å². The van der Waals surface area contributed by atoms with Gasteiger partial charge in [0, 0.05) is 22.8 Å². The molecule has 0 aliphatic heterocycles. The van der Waals surface area contributed by atoms with Crippen LogP contribution in [0.4, 0.5) is 5.69 Å². The third-order valence-electron chi connectivity index (χ3n) is 4.28. The molecule has 0 unspecified atom stereocenters. The molecule has 0 aliphatic carbocycles. The van der Waals surface area contributed by atoms with E-state index in [-0.39, 0.29) is 0 Å². The molecule has 0 radical (unpaired) electrons. The van der Waals surface area contributed by atoms with Gasteiger partial charge in [0.05, 0.1) is 12.3 Å². The minimum absolute atomic E-state index is 0.496. The molecule has 142 valence electrons. The summed E-state index contributed by atoms with van der Waals surface area (Å²) in [5.41, 5.74) is 4.59. The number of anilines is 1. The fourth-order valence-electron chi connectivity index (χ4n) is 2.68. The van der Waals surface area contributed by atoms with Gasteiger partial charge in [0.1, 0.15) is 22.4 Å². The number of hydrogen-bond acceptors (Lipinski definition) is 5. The summed E-state index contributed by atoms with van der Waals surface area (Å²) in [5, 5.41) is 15.4. The van der Waals surface area contributed by atoms with Crippen LogP contribution < -0.4 is 10.1 Å². The fraction of sp³-hybridized carbons (Fsp3) is 0.217. The highest BCUT2D eigenvalue weighted by Gasteiger charge is 2.09. The van der Waals surface area contributed by atoms with E-state index in [0.29, 0.717) is 23.1 Å². The molecule has 0 fully saturated rings.